The number of piperidine rings is 1. The number of nitrogens with one attached hydrogen (secondary N) is 1. The minimum Gasteiger partial charge on any atom is -0.366 e. The number of hydrogen-bond donors (Lipinski definition) is 1. The molecular formula is C20H26N4. The standard InChI is InChI=1S/C20H26N4/c1-4-16-6-5-15(7-13(16)2)10-21-19-14(3)9-22-20(23-19)24-11-17-8-18(17)12-24/h5-7,9,17-18H,4,8,10-12H2,1-3H3,(H,21,22,23). The van der Waals surface area contributed by atoms with Gasteiger partial charge in [0.1, 0.15) is 5.82 Å². The highest BCUT2D eigenvalue weighted by Crippen LogP contribution is 2.45. The molecule has 1 saturated carbocycles. The van der Waals surface area contributed by atoms with Gasteiger partial charge in [0.15, 0.2) is 0 Å². The summed E-state index contributed by atoms with van der Waals surface area (Å²) in [7, 11) is 0. The van der Waals surface area contributed by atoms with Crippen LogP contribution in [-0.2, 0) is 13.0 Å². The number of rotatable bonds is 5. The highest BCUT2D eigenvalue weighted by atomic mass is 15.3. The molecule has 1 aromatic heterocycles. The molecule has 2 unspecified atom stereocenters. The van der Waals surface area contributed by atoms with Crippen molar-refractivity contribution in [1.82, 2.24) is 9.97 Å². The molecule has 4 heteroatoms. The quantitative estimate of drug-likeness (QED) is 0.911. The Balaban J connectivity index is 1.46. The van der Waals surface area contributed by atoms with Crippen LogP contribution in [0.1, 0.15) is 35.6 Å². The van der Waals surface area contributed by atoms with Crippen LogP contribution in [0, 0.1) is 25.7 Å². The lowest BCUT2D eigenvalue weighted by Crippen LogP contribution is -2.24. The Hall–Kier alpha value is -2.10. The molecule has 2 aliphatic rings. The lowest BCUT2D eigenvalue weighted by Gasteiger charge is -2.19. The van der Waals surface area contributed by atoms with Crippen molar-refractivity contribution in [3.63, 3.8) is 0 Å². The second-order valence-electron chi connectivity index (χ2n) is 7.33. The molecule has 0 radical (unpaired) electrons. The third-order valence-corrected chi connectivity index (χ3v) is 5.47. The first kappa shape index (κ1) is 15.4. The predicted octanol–water partition coefficient (Wildman–Crippen LogP) is 3.72. The van der Waals surface area contributed by atoms with Crippen molar-refractivity contribution in [2.24, 2.45) is 11.8 Å². The number of hydrogen-bond acceptors (Lipinski definition) is 4. The number of nitrogens with zero attached hydrogens (tertiary/aromatic N) is 3. The monoisotopic (exact) mass is 322 g/mol. The maximum atomic E-state index is 4.78. The first-order valence-corrected chi connectivity index (χ1v) is 9.05. The Bertz CT molecular complexity index is 745. The van der Waals surface area contributed by atoms with Crippen LogP contribution < -0.4 is 10.2 Å². The fourth-order valence-electron chi connectivity index (χ4n) is 3.78. The first-order chi connectivity index (χ1) is 11.6. The Kier molecular flexibility index (Phi) is 3.91. The summed E-state index contributed by atoms with van der Waals surface area (Å²) < 4.78 is 0. The Labute approximate surface area is 144 Å². The minimum atomic E-state index is 0.799. The van der Waals surface area contributed by atoms with E-state index in [0.717, 1.165) is 55.2 Å². The fraction of sp³-hybridized carbons (Fsp3) is 0.500. The highest BCUT2D eigenvalue weighted by Gasteiger charge is 2.45. The molecule has 1 aliphatic heterocycles. The van der Waals surface area contributed by atoms with E-state index in [1.807, 2.05) is 6.20 Å². The van der Waals surface area contributed by atoms with Crippen LogP contribution in [0.25, 0.3) is 0 Å². The molecule has 2 fully saturated rings. The molecule has 2 atom stereocenters. The average molecular weight is 322 g/mol. The van der Waals surface area contributed by atoms with Crippen LogP contribution in [0.4, 0.5) is 11.8 Å². The third-order valence-electron chi connectivity index (χ3n) is 5.47. The molecule has 4 nitrogen and oxygen atoms in total. The molecule has 0 bridgehead atoms. The second-order valence-corrected chi connectivity index (χ2v) is 7.33. The van der Waals surface area contributed by atoms with Gasteiger partial charge in [0.25, 0.3) is 0 Å². The van der Waals surface area contributed by atoms with Gasteiger partial charge < -0.3 is 10.2 Å². The topological polar surface area (TPSA) is 41.1 Å². The van der Waals surface area contributed by atoms with E-state index in [4.69, 9.17) is 4.98 Å². The summed E-state index contributed by atoms with van der Waals surface area (Å²) >= 11 is 0. The van der Waals surface area contributed by atoms with Crippen molar-refractivity contribution in [2.45, 2.75) is 40.2 Å². The molecule has 24 heavy (non-hydrogen) atoms. The summed E-state index contributed by atoms with van der Waals surface area (Å²) in [4.78, 5) is 11.7. The zero-order chi connectivity index (χ0) is 16.7. The minimum absolute atomic E-state index is 0.799. The van der Waals surface area contributed by atoms with E-state index in [9.17, 15) is 0 Å². The van der Waals surface area contributed by atoms with Gasteiger partial charge in [-0.3, -0.25) is 0 Å². The fourth-order valence-corrected chi connectivity index (χ4v) is 3.78. The smallest absolute Gasteiger partial charge is 0.227 e. The van der Waals surface area contributed by atoms with E-state index in [1.54, 1.807) is 0 Å². The molecule has 0 amide bonds. The summed E-state index contributed by atoms with van der Waals surface area (Å²) in [6.45, 7) is 9.52. The summed E-state index contributed by atoms with van der Waals surface area (Å²) in [5, 5.41) is 3.50. The molecule has 2 aromatic rings. The van der Waals surface area contributed by atoms with Crippen molar-refractivity contribution in [2.75, 3.05) is 23.3 Å². The van der Waals surface area contributed by atoms with E-state index in [0.29, 0.717) is 0 Å². The van der Waals surface area contributed by atoms with E-state index in [-0.39, 0.29) is 0 Å². The summed E-state index contributed by atoms with van der Waals surface area (Å²) in [6, 6.07) is 6.72. The van der Waals surface area contributed by atoms with Crippen molar-refractivity contribution >= 4 is 11.8 Å². The van der Waals surface area contributed by atoms with Gasteiger partial charge >= 0.3 is 0 Å². The van der Waals surface area contributed by atoms with Crippen LogP contribution in [0.5, 0.6) is 0 Å². The number of benzene rings is 1. The van der Waals surface area contributed by atoms with Crippen molar-refractivity contribution < 1.29 is 0 Å². The van der Waals surface area contributed by atoms with Gasteiger partial charge in [0, 0.05) is 31.4 Å². The van der Waals surface area contributed by atoms with Gasteiger partial charge in [0.2, 0.25) is 5.95 Å². The maximum absolute atomic E-state index is 4.78. The number of aryl methyl sites for hydroxylation is 3. The largest absolute Gasteiger partial charge is 0.366 e. The van der Waals surface area contributed by atoms with Gasteiger partial charge in [-0.15, -0.1) is 0 Å². The zero-order valence-electron chi connectivity index (χ0n) is 14.8. The van der Waals surface area contributed by atoms with Crippen LogP contribution in [0.3, 0.4) is 0 Å². The van der Waals surface area contributed by atoms with Gasteiger partial charge in [-0.05, 0) is 55.2 Å². The van der Waals surface area contributed by atoms with Crippen molar-refractivity contribution in [1.29, 1.82) is 0 Å². The van der Waals surface area contributed by atoms with Gasteiger partial charge in [0.05, 0.1) is 0 Å². The maximum Gasteiger partial charge on any atom is 0.227 e. The molecule has 1 aliphatic carbocycles. The van der Waals surface area contributed by atoms with Crippen LogP contribution in [0.15, 0.2) is 24.4 Å². The molecule has 1 aromatic carbocycles. The molecule has 0 spiro atoms. The highest BCUT2D eigenvalue weighted by molar-refractivity contribution is 5.49. The number of anilines is 2. The SMILES string of the molecule is CCc1ccc(CNc2nc(N3CC4CC4C3)ncc2C)cc1C. The normalized spacial score (nSPS) is 21.7. The van der Waals surface area contributed by atoms with E-state index in [1.165, 1.54) is 23.1 Å². The lowest BCUT2D eigenvalue weighted by molar-refractivity contribution is 0.786. The average Bonchev–Trinajstić information content (AvgIpc) is 3.20. The molecule has 126 valence electrons. The van der Waals surface area contributed by atoms with Crippen molar-refractivity contribution in [3.05, 3.63) is 46.6 Å². The molecule has 4 rings (SSSR count). The molecule has 2 heterocycles. The second kappa shape index (κ2) is 6.08. The lowest BCUT2D eigenvalue weighted by atomic mass is 10.0. The first-order valence-electron chi connectivity index (χ1n) is 9.05. The Morgan fingerprint density at radius 2 is 1.96 bits per heavy atom. The predicted molar refractivity (Wildman–Crippen MR) is 98.5 cm³/mol. The number of aromatic nitrogens is 2. The Morgan fingerprint density at radius 1 is 1.17 bits per heavy atom. The van der Waals surface area contributed by atoms with Gasteiger partial charge in [-0.25, -0.2) is 4.98 Å². The van der Waals surface area contributed by atoms with Gasteiger partial charge in [-0.1, -0.05) is 25.1 Å². The molecule has 1 saturated heterocycles. The van der Waals surface area contributed by atoms with E-state index in [2.05, 4.69) is 54.2 Å². The zero-order valence-corrected chi connectivity index (χ0v) is 14.8. The Morgan fingerprint density at radius 3 is 2.67 bits per heavy atom. The van der Waals surface area contributed by atoms with Crippen molar-refractivity contribution in [3.8, 4) is 0 Å². The summed E-state index contributed by atoms with van der Waals surface area (Å²) in [5.41, 5.74) is 5.19. The van der Waals surface area contributed by atoms with E-state index < -0.39 is 0 Å². The van der Waals surface area contributed by atoms with Crippen LogP contribution in [-0.4, -0.2) is 23.1 Å². The molecular weight excluding hydrogens is 296 g/mol. The number of fused-ring (bicyclic) bond motifs is 1. The molecule has 1 N–H and O–H groups in total. The third kappa shape index (κ3) is 2.97. The van der Waals surface area contributed by atoms with Crippen LogP contribution >= 0.6 is 0 Å². The summed E-state index contributed by atoms with van der Waals surface area (Å²) in [5.74, 6) is 3.63. The van der Waals surface area contributed by atoms with Crippen LogP contribution in [0.2, 0.25) is 0 Å². The van der Waals surface area contributed by atoms with E-state index >= 15 is 0 Å². The summed E-state index contributed by atoms with van der Waals surface area (Å²) in [6.07, 6.45) is 4.44. The van der Waals surface area contributed by atoms with Gasteiger partial charge in [-0.2, -0.15) is 4.98 Å².